The van der Waals surface area contributed by atoms with E-state index in [0.717, 1.165) is 16.4 Å². The van der Waals surface area contributed by atoms with E-state index in [2.05, 4.69) is 204 Å². The number of hydrogen-bond acceptors (Lipinski definition) is 3. The lowest BCUT2D eigenvalue weighted by molar-refractivity contribution is 0.262. The fourth-order valence-electron chi connectivity index (χ4n) is 11.1. The summed E-state index contributed by atoms with van der Waals surface area (Å²) in [4.78, 5) is 10.9. The lowest BCUT2D eigenvalue weighted by Gasteiger charge is -2.41. The molecule has 0 saturated carbocycles. The van der Waals surface area contributed by atoms with Crippen LogP contribution in [0.1, 0.15) is 139 Å². The second-order valence-corrected chi connectivity index (χ2v) is 23.3. The van der Waals surface area contributed by atoms with Gasteiger partial charge in [-0.05, 0) is 145 Å². The molecule has 0 unspecified atom stereocenters. The van der Waals surface area contributed by atoms with Crippen molar-refractivity contribution >= 4 is 60.5 Å². The fourth-order valence-corrected chi connectivity index (χ4v) is 12.8. The minimum absolute atomic E-state index is 0.00367. The lowest BCUT2D eigenvalue weighted by Crippen LogP contribution is -2.48. The Morgan fingerprint density at radius 1 is 0.645 bits per heavy atom. The molecule has 0 spiro atoms. The highest BCUT2D eigenvalue weighted by atomic mass is 32.2. The van der Waals surface area contributed by atoms with Gasteiger partial charge >= 0.3 is 0 Å². The molecule has 8 aromatic rings. The van der Waals surface area contributed by atoms with Crippen molar-refractivity contribution in [1.82, 2.24) is 14.1 Å². The summed E-state index contributed by atoms with van der Waals surface area (Å²) in [6, 6.07) is 35.0. The van der Waals surface area contributed by atoms with Gasteiger partial charge in [0.2, 0.25) is 0 Å². The molecule has 10 rings (SSSR count). The quantitative estimate of drug-likeness (QED) is 0.177. The molecule has 3 aromatic heterocycles. The highest BCUT2D eigenvalue weighted by Crippen LogP contribution is 2.68. The predicted octanol–water partition coefficient (Wildman–Crippen LogP) is 15.4. The van der Waals surface area contributed by atoms with Gasteiger partial charge in [-0.25, -0.2) is 4.98 Å². The van der Waals surface area contributed by atoms with Crippen LogP contribution in [0.2, 0.25) is 0 Å². The SMILES string of the molecule is Cc1ccc2c(c1)c1ccc(-n3c4ccc(C(C)C)cc4c4cccnc43)cc1n2-c1cc(C2=N[C@]3(C)C(C)(C)c4c(C(C)(C)C)cc(C(C)(C)C)cc4[C@]3(C)S2)c(C)cc1C. The van der Waals surface area contributed by atoms with Gasteiger partial charge in [-0.2, -0.15) is 0 Å². The van der Waals surface area contributed by atoms with E-state index >= 15 is 0 Å². The van der Waals surface area contributed by atoms with Gasteiger partial charge in [0.25, 0.3) is 0 Å². The Morgan fingerprint density at radius 2 is 1.35 bits per heavy atom. The molecule has 62 heavy (non-hydrogen) atoms. The normalized spacial score (nSPS) is 20.0. The molecule has 1 aliphatic heterocycles. The maximum Gasteiger partial charge on any atom is 0.145 e. The zero-order chi connectivity index (χ0) is 44.2. The molecular formula is C57H62N4S. The van der Waals surface area contributed by atoms with Crippen LogP contribution in [0.5, 0.6) is 0 Å². The molecule has 5 aromatic carbocycles. The number of thioether (sulfide) groups is 1. The summed E-state index contributed by atoms with van der Waals surface area (Å²) in [5, 5.41) is 6.07. The van der Waals surface area contributed by atoms with Crippen molar-refractivity contribution < 1.29 is 0 Å². The molecule has 4 nitrogen and oxygen atoms in total. The average molecular weight is 835 g/mol. The zero-order valence-corrected chi connectivity index (χ0v) is 40.3. The Morgan fingerprint density at radius 3 is 2.06 bits per heavy atom. The number of aryl methyl sites for hydroxylation is 3. The Kier molecular flexibility index (Phi) is 8.71. The molecule has 0 saturated heterocycles. The van der Waals surface area contributed by atoms with E-state index in [1.54, 1.807) is 0 Å². The van der Waals surface area contributed by atoms with Crippen LogP contribution >= 0.6 is 11.8 Å². The molecule has 4 heterocycles. The standard InChI is InChI=1S/C57H62N4S/c1-32(2)36-19-23-46-43(27-36)40-17-16-24-58-51(40)60(46)38-20-21-39-42-25-33(3)18-22-47(42)61(49(39)30-38)48-31-41(34(4)26-35(48)5)52-59-57(15)55(12,13)50-44(54(9,10)11)28-37(53(6,7)8)29-45(50)56(57,14)62-52/h16-32H,1-15H3/t56-,57+/m0/s1. The van der Waals surface area contributed by atoms with Gasteiger partial charge in [-0.1, -0.05) is 123 Å². The second kappa shape index (κ2) is 13.2. The van der Waals surface area contributed by atoms with E-state index in [-0.39, 0.29) is 26.5 Å². The van der Waals surface area contributed by atoms with Crippen LogP contribution in [0.4, 0.5) is 0 Å². The molecule has 0 bridgehead atoms. The molecule has 2 aliphatic rings. The topological polar surface area (TPSA) is 35.1 Å². The predicted molar refractivity (Wildman–Crippen MR) is 268 cm³/mol. The van der Waals surface area contributed by atoms with Crippen molar-refractivity contribution in [2.24, 2.45) is 4.99 Å². The van der Waals surface area contributed by atoms with Gasteiger partial charge in [0.1, 0.15) is 5.65 Å². The van der Waals surface area contributed by atoms with Gasteiger partial charge in [-0.15, -0.1) is 0 Å². The second-order valence-electron chi connectivity index (χ2n) is 21.8. The fraction of sp³-hybridized carbons (Fsp3) is 0.368. The van der Waals surface area contributed by atoms with Crippen LogP contribution in [0.3, 0.4) is 0 Å². The molecule has 0 fully saturated rings. The monoisotopic (exact) mass is 834 g/mol. The average Bonchev–Trinajstić information content (AvgIpc) is 3.84. The summed E-state index contributed by atoms with van der Waals surface area (Å²) in [5.74, 6) is 0.441. The summed E-state index contributed by atoms with van der Waals surface area (Å²) in [6.45, 7) is 35.3. The largest absolute Gasteiger partial charge is 0.309 e. The van der Waals surface area contributed by atoms with Gasteiger partial charge in [0.05, 0.1) is 31.9 Å². The van der Waals surface area contributed by atoms with Crippen LogP contribution in [-0.2, 0) is 21.0 Å². The Bertz CT molecular complexity index is 3250. The number of nitrogens with zero attached hydrogens (tertiary/aromatic N) is 4. The third-order valence-corrected chi connectivity index (χ3v) is 16.6. The van der Waals surface area contributed by atoms with Crippen molar-refractivity contribution in [2.45, 2.75) is 136 Å². The van der Waals surface area contributed by atoms with Crippen LogP contribution in [0, 0.1) is 20.8 Å². The first-order valence-electron chi connectivity index (χ1n) is 22.6. The van der Waals surface area contributed by atoms with E-state index in [9.17, 15) is 0 Å². The van der Waals surface area contributed by atoms with Gasteiger partial charge < -0.3 is 4.57 Å². The number of hydrogen-bond donors (Lipinski definition) is 0. The first kappa shape index (κ1) is 40.9. The Labute approximate surface area is 372 Å². The zero-order valence-electron chi connectivity index (χ0n) is 39.5. The van der Waals surface area contributed by atoms with Crippen molar-refractivity contribution in [3.8, 4) is 11.4 Å². The van der Waals surface area contributed by atoms with Crippen molar-refractivity contribution in [3.63, 3.8) is 0 Å². The Balaban J connectivity index is 1.18. The summed E-state index contributed by atoms with van der Waals surface area (Å²) in [7, 11) is 0. The van der Waals surface area contributed by atoms with E-state index < -0.39 is 0 Å². The van der Waals surface area contributed by atoms with Gasteiger partial charge in [0.15, 0.2) is 0 Å². The number of pyridine rings is 1. The number of benzene rings is 5. The lowest BCUT2D eigenvalue weighted by atomic mass is 9.67. The highest BCUT2D eigenvalue weighted by molar-refractivity contribution is 8.15. The third-order valence-electron chi connectivity index (χ3n) is 15.1. The van der Waals surface area contributed by atoms with Crippen LogP contribution in [-0.4, -0.2) is 24.7 Å². The van der Waals surface area contributed by atoms with Crippen LogP contribution < -0.4 is 0 Å². The number of fused-ring (bicyclic) bond motifs is 9. The molecule has 0 radical (unpaired) electrons. The molecule has 316 valence electrons. The smallest absolute Gasteiger partial charge is 0.145 e. The van der Waals surface area contributed by atoms with Gasteiger partial charge in [-0.3, -0.25) is 9.56 Å². The van der Waals surface area contributed by atoms with Crippen molar-refractivity contribution in [3.05, 3.63) is 147 Å². The first-order valence-corrected chi connectivity index (χ1v) is 23.4. The minimum atomic E-state index is -0.359. The number of rotatable bonds is 4. The third kappa shape index (κ3) is 5.58. The van der Waals surface area contributed by atoms with Crippen LogP contribution in [0.25, 0.3) is 55.1 Å². The summed E-state index contributed by atoms with van der Waals surface area (Å²) < 4.78 is 4.62. The summed E-state index contributed by atoms with van der Waals surface area (Å²) >= 11 is 1.99. The number of aromatic nitrogens is 3. The minimum Gasteiger partial charge on any atom is -0.309 e. The highest BCUT2D eigenvalue weighted by Gasteiger charge is 2.67. The van der Waals surface area contributed by atoms with E-state index in [1.165, 1.54) is 93.9 Å². The molecule has 2 atom stereocenters. The molecule has 5 heteroatoms. The molecule has 0 amide bonds. The van der Waals surface area contributed by atoms with Crippen molar-refractivity contribution in [2.75, 3.05) is 0 Å². The van der Waals surface area contributed by atoms with Crippen LogP contribution in [0.15, 0.2) is 102 Å². The number of aliphatic imine (C=N–C) groups is 1. The summed E-state index contributed by atoms with van der Waals surface area (Å²) in [6.07, 6.45) is 1.92. The maximum absolute atomic E-state index is 5.94. The Hall–Kier alpha value is -5.13. The van der Waals surface area contributed by atoms with Crippen molar-refractivity contribution in [1.29, 1.82) is 0 Å². The van der Waals surface area contributed by atoms with Gasteiger partial charge in [0, 0.05) is 50.1 Å². The van der Waals surface area contributed by atoms with E-state index in [4.69, 9.17) is 9.98 Å². The maximum atomic E-state index is 5.94. The van der Waals surface area contributed by atoms with E-state index in [0.29, 0.717) is 5.92 Å². The molecular weight excluding hydrogens is 773 g/mol. The van der Waals surface area contributed by atoms with E-state index in [1.807, 2.05) is 18.0 Å². The summed E-state index contributed by atoms with van der Waals surface area (Å²) in [5.41, 5.74) is 18.5. The molecule has 1 aliphatic carbocycles. The first-order chi connectivity index (χ1) is 29.0. The molecule has 0 N–H and O–H groups in total.